The van der Waals surface area contributed by atoms with Crippen molar-refractivity contribution in [1.29, 1.82) is 0 Å². The van der Waals surface area contributed by atoms with Crippen LogP contribution < -0.4 is 0 Å². The quantitative estimate of drug-likeness (QED) is 0.0879. The van der Waals surface area contributed by atoms with Crippen LogP contribution in [-0.2, 0) is 0 Å². The van der Waals surface area contributed by atoms with Gasteiger partial charge >= 0.3 is 0 Å². The molecule has 1 atom stereocenters. The molecule has 0 aliphatic carbocycles. The molecule has 0 spiro atoms. The summed E-state index contributed by atoms with van der Waals surface area (Å²) in [4.78, 5) is 10.7. The van der Waals surface area contributed by atoms with E-state index in [1.165, 1.54) is 76.5 Å². The predicted molar refractivity (Wildman–Crippen MR) is 253 cm³/mol. The van der Waals surface area contributed by atoms with Gasteiger partial charge in [-0.05, 0) is 120 Å². The van der Waals surface area contributed by atoms with E-state index in [1.54, 1.807) is 0 Å². The number of rotatable bonds is 7. The largest absolute Gasteiger partial charge is 0.258 e. The summed E-state index contributed by atoms with van der Waals surface area (Å²) < 4.78 is 0. The maximum atomic E-state index is 5.42. The Balaban J connectivity index is 1.08. The third kappa shape index (κ3) is 7.00. The molecule has 59 heavy (non-hydrogen) atoms. The molecule has 0 aromatic heterocycles. The summed E-state index contributed by atoms with van der Waals surface area (Å²) in [6, 6.07) is 76.1. The predicted octanol–water partition coefficient (Wildman–Crippen LogP) is 15.3. The molecule has 0 fully saturated rings. The van der Waals surface area contributed by atoms with Crippen LogP contribution in [0.1, 0.15) is 36.6 Å². The second-order valence-electron chi connectivity index (χ2n) is 15.4. The van der Waals surface area contributed by atoms with Crippen LogP contribution in [0, 0.1) is 0 Å². The van der Waals surface area contributed by atoms with E-state index in [2.05, 4.69) is 226 Å². The normalized spacial score (nSPS) is 12.7. The maximum absolute atomic E-state index is 5.42. The van der Waals surface area contributed by atoms with E-state index < -0.39 is 0 Å². The highest BCUT2D eigenvalue weighted by Crippen LogP contribution is 2.44. The molecular formula is C57H42N2. The lowest BCUT2D eigenvalue weighted by molar-refractivity contribution is 0.819. The molecule has 0 unspecified atom stereocenters. The number of amidine groups is 1. The van der Waals surface area contributed by atoms with Crippen LogP contribution in [0.3, 0.4) is 0 Å². The molecule has 0 N–H and O–H groups in total. The van der Waals surface area contributed by atoms with Crippen molar-refractivity contribution < 1.29 is 0 Å². The zero-order chi connectivity index (χ0) is 39.7. The van der Waals surface area contributed by atoms with E-state index in [4.69, 9.17) is 9.98 Å². The first-order valence-corrected chi connectivity index (χ1v) is 20.4. The second-order valence-corrected chi connectivity index (χ2v) is 15.4. The summed E-state index contributed by atoms with van der Waals surface area (Å²) in [6.07, 6.45) is 0. The summed E-state index contributed by atoms with van der Waals surface area (Å²) in [5, 5.41) is 9.71. The first-order valence-electron chi connectivity index (χ1n) is 20.4. The Kier molecular flexibility index (Phi) is 9.44. The van der Waals surface area contributed by atoms with Crippen molar-refractivity contribution in [3.8, 4) is 33.4 Å². The van der Waals surface area contributed by atoms with Gasteiger partial charge in [0.1, 0.15) is 0 Å². The third-order valence-electron chi connectivity index (χ3n) is 11.6. The minimum Gasteiger partial charge on any atom is -0.258 e. The Morgan fingerprint density at radius 1 is 0.373 bits per heavy atom. The fourth-order valence-electron chi connectivity index (χ4n) is 8.56. The summed E-state index contributed by atoms with van der Waals surface area (Å²) in [6.45, 7) is 4.27. The topological polar surface area (TPSA) is 24.7 Å². The van der Waals surface area contributed by atoms with Crippen molar-refractivity contribution in [2.75, 3.05) is 0 Å². The Bertz CT molecular complexity index is 3170. The van der Waals surface area contributed by atoms with Crippen molar-refractivity contribution >= 4 is 54.6 Å². The van der Waals surface area contributed by atoms with Gasteiger partial charge in [-0.15, -0.1) is 0 Å². The molecule has 0 heterocycles. The van der Waals surface area contributed by atoms with Crippen LogP contribution in [0.4, 0.5) is 0 Å². The van der Waals surface area contributed by atoms with Crippen molar-refractivity contribution in [3.05, 3.63) is 229 Å². The van der Waals surface area contributed by atoms with Gasteiger partial charge in [0.25, 0.3) is 0 Å². The minimum atomic E-state index is -0.162. The first-order chi connectivity index (χ1) is 29.1. The number of hydrogen-bond acceptors (Lipinski definition) is 1. The second kappa shape index (κ2) is 15.5. The van der Waals surface area contributed by atoms with Crippen LogP contribution in [0.5, 0.6) is 0 Å². The van der Waals surface area contributed by atoms with E-state index >= 15 is 0 Å². The number of nitrogens with zero attached hydrogens (tertiary/aromatic N) is 2. The lowest BCUT2D eigenvalue weighted by atomic mass is 9.85. The lowest BCUT2D eigenvalue weighted by Gasteiger charge is -2.19. The van der Waals surface area contributed by atoms with Crippen LogP contribution >= 0.6 is 0 Å². The minimum absolute atomic E-state index is 0.162. The van der Waals surface area contributed by atoms with Gasteiger partial charge in [-0.3, -0.25) is 4.99 Å². The van der Waals surface area contributed by atoms with Crippen LogP contribution in [0.15, 0.2) is 222 Å². The molecule has 0 saturated heterocycles. The monoisotopic (exact) mass is 754 g/mol. The van der Waals surface area contributed by atoms with Crippen molar-refractivity contribution in [2.45, 2.75) is 19.9 Å². The summed E-state index contributed by atoms with van der Waals surface area (Å²) in [5.41, 5.74) is 11.5. The number of aliphatic imine (C=N–C) groups is 2. The molecule has 10 aromatic carbocycles. The first kappa shape index (κ1) is 36.0. The van der Waals surface area contributed by atoms with Gasteiger partial charge in [-0.2, -0.15) is 0 Å². The van der Waals surface area contributed by atoms with Gasteiger partial charge < -0.3 is 0 Å². The van der Waals surface area contributed by atoms with Crippen molar-refractivity contribution in [3.63, 3.8) is 0 Å². The zero-order valence-electron chi connectivity index (χ0n) is 33.2. The van der Waals surface area contributed by atoms with Crippen LogP contribution in [0.2, 0.25) is 0 Å². The number of hydrogen-bond donors (Lipinski definition) is 0. The molecule has 0 aliphatic heterocycles. The van der Waals surface area contributed by atoms with E-state index in [1.807, 2.05) is 0 Å². The molecule has 0 saturated carbocycles. The summed E-state index contributed by atoms with van der Waals surface area (Å²) in [5.74, 6) is 0.720. The van der Waals surface area contributed by atoms with Gasteiger partial charge in [0.05, 0.1) is 6.04 Å². The van der Waals surface area contributed by atoms with E-state index in [0.717, 1.165) is 28.2 Å². The van der Waals surface area contributed by atoms with E-state index in [9.17, 15) is 0 Å². The molecule has 0 radical (unpaired) electrons. The van der Waals surface area contributed by atoms with Gasteiger partial charge in [-0.1, -0.05) is 194 Å². The fourth-order valence-corrected chi connectivity index (χ4v) is 8.56. The Labute approximate surface area is 345 Å². The summed E-state index contributed by atoms with van der Waals surface area (Å²) in [7, 11) is 0. The Morgan fingerprint density at radius 3 is 1.44 bits per heavy atom. The molecule has 10 aromatic rings. The molecule has 280 valence electrons. The molecule has 2 heteroatoms. The number of fused-ring (bicyclic) bond motifs is 4. The smallest absolute Gasteiger partial charge is 0.155 e. The van der Waals surface area contributed by atoms with Gasteiger partial charge in [0.15, 0.2) is 5.84 Å². The fraction of sp³-hybridized carbons (Fsp3) is 0.0526. The van der Waals surface area contributed by atoms with Gasteiger partial charge in [0.2, 0.25) is 0 Å². The average Bonchev–Trinajstić information content (AvgIpc) is 3.30. The van der Waals surface area contributed by atoms with Crippen LogP contribution in [0.25, 0.3) is 76.5 Å². The average molecular weight is 755 g/mol. The van der Waals surface area contributed by atoms with Crippen LogP contribution in [-0.4, -0.2) is 11.5 Å². The standard InChI is InChI=1S/C57H42N2/c1-38(58-57(50-34-30-42-18-7-9-20-48(42)37-50)59-39(2)46-33-29-41-17-6-8-19-47(41)35-46)45-21-14-22-49(36-45)56-53-25-12-10-23-51(53)55(52-24-11-13-26-54(52)56)44-31-27-43(28-32-44)40-15-4-3-5-16-40/h3-38H,1-2H3/t38-/m1/s1. The van der Waals surface area contributed by atoms with Gasteiger partial charge in [-0.25, -0.2) is 4.99 Å². The maximum Gasteiger partial charge on any atom is 0.155 e. The highest BCUT2D eigenvalue weighted by molar-refractivity contribution is 6.21. The van der Waals surface area contributed by atoms with Crippen molar-refractivity contribution in [2.24, 2.45) is 9.98 Å². The van der Waals surface area contributed by atoms with E-state index in [0.29, 0.717) is 0 Å². The van der Waals surface area contributed by atoms with Gasteiger partial charge in [0, 0.05) is 11.3 Å². The van der Waals surface area contributed by atoms with E-state index in [-0.39, 0.29) is 6.04 Å². The highest BCUT2D eigenvalue weighted by atomic mass is 14.9. The third-order valence-corrected chi connectivity index (χ3v) is 11.6. The molecule has 0 amide bonds. The summed E-state index contributed by atoms with van der Waals surface area (Å²) >= 11 is 0. The highest BCUT2D eigenvalue weighted by Gasteiger charge is 2.18. The SMILES string of the molecule is CC(=NC(=N[C@H](C)c1cccc(-c2c3ccccc3c(-c3ccc(-c4ccccc4)cc3)c3ccccc23)c1)c1ccc2ccccc2c1)c1ccc2ccccc2c1. The molecule has 10 rings (SSSR count). The molecular weight excluding hydrogens is 713 g/mol. The number of benzene rings is 10. The Morgan fingerprint density at radius 2 is 0.831 bits per heavy atom. The lowest BCUT2D eigenvalue weighted by Crippen LogP contribution is -2.06. The Hall–Kier alpha value is -7.42. The molecule has 0 bridgehead atoms. The van der Waals surface area contributed by atoms with Crippen molar-refractivity contribution in [1.82, 2.24) is 0 Å². The molecule has 2 nitrogen and oxygen atoms in total. The zero-order valence-corrected chi connectivity index (χ0v) is 33.2. The molecule has 0 aliphatic rings.